The Bertz CT molecular complexity index is 705. The van der Waals surface area contributed by atoms with Crippen molar-refractivity contribution >= 4 is 40.5 Å². The predicted octanol–water partition coefficient (Wildman–Crippen LogP) is 5.01. The second-order valence-corrected chi connectivity index (χ2v) is 5.85. The van der Waals surface area contributed by atoms with Gasteiger partial charge in [0.05, 0.1) is 22.3 Å². The molecule has 3 N–H and O–H groups in total. The minimum Gasteiger partial charge on any atom is -0.491 e. The topological polar surface area (TPSA) is 64.3 Å². The fourth-order valence-corrected chi connectivity index (χ4v) is 2.22. The van der Waals surface area contributed by atoms with Crippen LogP contribution >= 0.6 is 23.2 Å². The number of hydrogen-bond acceptors (Lipinski definition) is 3. The van der Waals surface area contributed by atoms with Gasteiger partial charge in [-0.3, -0.25) is 4.79 Å². The molecule has 23 heavy (non-hydrogen) atoms. The Balaban J connectivity index is 2.07. The third-order valence-corrected chi connectivity index (χ3v) is 3.94. The lowest BCUT2D eigenvalue weighted by Gasteiger charge is -2.11. The summed E-state index contributed by atoms with van der Waals surface area (Å²) in [6.07, 6.45) is 2.00. The molecule has 0 aromatic heterocycles. The highest BCUT2D eigenvalue weighted by Crippen LogP contribution is 2.26. The summed E-state index contributed by atoms with van der Waals surface area (Å²) in [5.41, 5.74) is 7.37. The van der Waals surface area contributed by atoms with E-state index < -0.39 is 0 Å². The second-order valence-electron chi connectivity index (χ2n) is 5.04. The van der Waals surface area contributed by atoms with Gasteiger partial charge in [-0.15, -0.1) is 0 Å². The summed E-state index contributed by atoms with van der Waals surface area (Å²) < 4.78 is 5.57. The first-order chi connectivity index (χ1) is 11.0. The Labute approximate surface area is 145 Å². The molecule has 2 aromatic carbocycles. The zero-order valence-electron chi connectivity index (χ0n) is 12.7. The van der Waals surface area contributed by atoms with E-state index in [0.29, 0.717) is 39.3 Å². The van der Waals surface area contributed by atoms with Gasteiger partial charge in [0.15, 0.2) is 0 Å². The van der Waals surface area contributed by atoms with Gasteiger partial charge in [0.25, 0.3) is 5.91 Å². The normalized spacial score (nSPS) is 10.4. The summed E-state index contributed by atoms with van der Waals surface area (Å²) in [6.45, 7) is 2.69. The van der Waals surface area contributed by atoms with Gasteiger partial charge in [0.1, 0.15) is 5.75 Å². The van der Waals surface area contributed by atoms with E-state index in [1.807, 2.05) is 0 Å². The van der Waals surface area contributed by atoms with Gasteiger partial charge in [-0.25, -0.2) is 0 Å². The van der Waals surface area contributed by atoms with Crippen molar-refractivity contribution in [1.29, 1.82) is 0 Å². The number of halogens is 2. The second kappa shape index (κ2) is 8.09. The molecule has 0 saturated carbocycles. The molecule has 1 amide bonds. The molecule has 0 fully saturated rings. The molecule has 2 aromatic rings. The summed E-state index contributed by atoms with van der Waals surface area (Å²) in [6, 6.07) is 9.86. The Morgan fingerprint density at radius 2 is 1.96 bits per heavy atom. The number of benzene rings is 2. The minimum atomic E-state index is -0.282. The number of ether oxygens (including phenoxy) is 1. The number of anilines is 2. The summed E-state index contributed by atoms with van der Waals surface area (Å²) >= 11 is 11.8. The van der Waals surface area contributed by atoms with Crippen molar-refractivity contribution in [3.05, 3.63) is 52.0 Å². The minimum absolute atomic E-state index is 0.282. The van der Waals surface area contributed by atoms with Gasteiger partial charge in [0.2, 0.25) is 0 Å². The molecule has 2 rings (SSSR count). The van der Waals surface area contributed by atoms with E-state index in [0.717, 1.165) is 12.8 Å². The highest BCUT2D eigenvalue weighted by Gasteiger charge is 2.10. The Morgan fingerprint density at radius 3 is 2.61 bits per heavy atom. The molecule has 0 bridgehead atoms. The molecule has 0 radical (unpaired) electrons. The van der Waals surface area contributed by atoms with Crippen molar-refractivity contribution in [2.24, 2.45) is 0 Å². The van der Waals surface area contributed by atoms with Crippen LogP contribution in [0.2, 0.25) is 10.0 Å². The lowest BCUT2D eigenvalue weighted by molar-refractivity contribution is 0.102. The zero-order valence-corrected chi connectivity index (χ0v) is 14.2. The molecule has 0 spiro atoms. The fourth-order valence-electron chi connectivity index (χ4n) is 1.92. The molecule has 0 unspecified atom stereocenters. The standard InChI is InChI=1S/C17H18Cl2N2O2/c1-2-3-8-23-16-7-4-11(9-15(16)20)17(22)21-12-5-6-13(18)14(19)10-12/h4-7,9-10H,2-3,8,20H2,1H3,(H,21,22). The predicted molar refractivity (Wildman–Crippen MR) is 95.7 cm³/mol. The molecule has 0 aliphatic rings. The van der Waals surface area contributed by atoms with Crippen molar-refractivity contribution < 1.29 is 9.53 Å². The first-order valence-electron chi connectivity index (χ1n) is 7.30. The van der Waals surface area contributed by atoms with Crippen molar-refractivity contribution in [2.45, 2.75) is 19.8 Å². The number of unbranched alkanes of at least 4 members (excludes halogenated alkanes) is 1. The quantitative estimate of drug-likeness (QED) is 0.567. The van der Waals surface area contributed by atoms with Crippen LogP contribution in [0.5, 0.6) is 5.75 Å². The first kappa shape index (κ1) is 17.4. The highest BCUT2D eigenvalue weighted by atomic mass is 35.5. The van der Waals surface area contributed by atoms with E-state index >= 15 is 0 Å². The van der Waals surface area contributed by atoms with Crippen LogP contribution in [0.1, 0.15) is 30.1 Å². The molecule has 0 heterocycles. The number of amides is 1. The van der Waals surface area contributed by atoms with Crippen LogP contribution in [0.25, 0.3) is 0 Å². The number of carbonyl (C=O) groups is 1. The van der Waals surface area contributed by atoms with Gasteiger partial charge < -0.3 is 15.8 Å². The molecule has 0 atom stereocenters. The number of carbonyl (C=O) groups excluding carboxylic acids is 1. The van der Waals surface area contributed by atoms with Gasteiger partial charge in [-0.2, -0.15) is 0 Å². The molecule has 122 valence electrons. The number of nitrogens with two attached hydrogens (primary N) is 1. The van der Waals surface area contributed by atoms with Crippen molar-refractivity contribution in [1.82, 2.24) is 0 Å². The summed E-state index contributed by atoms with van der Waals surface area (Å²) in [5, 5.41) is 3.56. The highest BCUT2D eigenvalue weighted by molar-refractivity contribution is 6.42. The molecule has 4 nitrogen and oxygen atoms in total. The summed E-state index contributed by atoms with van der Waals surface area (Å²) in [7, 11) is 0. The Morgan fingerprint density at radius 1 is 1.17 bits per heavy atom. The van der Waals surface area contributed by atoms with E-state index in [9.17, 15) is 4.79 Å². The molecular weight excluding hydrogens is 335 g/mol. The number of hydrogen-bond donors (Lipinski definition) is 2. The maximum absolute atomic E-state index is 12.3. The van der Waals surface area contributed by atoms with Crippen molar-refractivity contribution in [2.75, 3.05) is 17.7 Å². The van der Waals surface area contributed by atoms with E-state index in [2.05, 4.69) is 12.2 Å². The molecular formula is C17H18Cl2N2O2. The summed E-state index contributed by atoms with van der Waals surface area (Å²) in [5.74, 6) is 0.305. The van der Waals surface area contributed by atoms with Gasteiger partial charge >= 0.3 is 0 Å². The van der Waals surface area contributed by atoms with Gasteiger partial charge in [0, 0.05) is 11.3 Å². The van der Waals surface area contributed by atoms with Gasteiger partial charge in [-0.05, 0) is 42.8 Å². The van der Waals surface area contributed by atoms with Crippen LogP contribution in [0, 0.1) is 0 Å². The van der Waals surface area contributed by atoms with E-state index in [1.165, 1.54) is 0 Å². The zero-order chi connectivity index (χ0) is 16.8. The third-order valence-electron chi connectivity index (χ3n) is 3.20. The number of rotatable bonds is 6. The number of nitrogen functional groups attached to an aromatic ring is 1. The first-order valence-corrected chi connectivity index (χ1v) is 8.05. The molecule has 6 heteroatoms. The SMILES string of the molecule is CCCCOc1ccc(C(=O)Nc2ccc(Cl)c(Cl)c2)cc1N. The molecule has 0 saturated heterocycles. The maximum atomic E-state index is 12.3. The lowest BCUT2D eigenvalue weighted by Crippen LogP contribution is -2.12. The Kier molecular flexibility index (Phi) is 6.13. The van der Waals surface area contributed by atoms with E-state index in [-0.39, 0.29) is 5.91 Å². The molecule has 0 aliphatic carbocycles. The molecule has 0 aliphatic heterocycles. The third kappa shape index (κ3) is 4.78. The van der Waals surface area contributed by atoms with Crippen LogP contribution in [0.3, 0.4) is 0 Å². The van der Waals surface area contributed by atoms with Crippen LogP contribution in [0.4, 0.5) is 11.4 Å². The van der Waals surface area contributed by atoms with Crippen molar-refractivity contribution in [3.8, 4) is 5.75 Å². The average molecular weight is 353 g/mol. The monoisotopic (exact) mass is 352 g/mol. The van der Waals surface area contributed by atoms with Crippen LogP contribution < -0.4 is 15.8 Å². The van der Waals surface area contributed by atoms with E-state index in [4.69, 9.17) is 33.7 Å². The largest absolute Gasteiger partial charge is 0.491 e. The Hall–Kier alpha value is -1.91. The van der Waals surface area contributed by atoms with E-state index in [1.54, 1.807) is 36.4 Å². The number of nitrogens with one attached hydrogen (secondary N) is 1. The van der Waals surface area contributed by atoms with Crippen LogP contribution in [0.15, 0.2) is 36.4 Å². The lowest BCUT2D eigenvalue weighted by atomic mass is 10.1. The van der Waals surface area contributed by atoms with Gasteiger partial charge in [-0.1, -0.05) is 36.5 Å². The summed E-state index contributed by atoms with van der Waals surface area (Å²) in [4.78, 5) is 12.3. The van der Waals surface area contributed by atoms with Crippen LogP contribution in [-0.2, 0) is 0 Å². The smallest absolute Gasteiger partial charge is 0.255 e. The van der Waals surface area contributed by atoms with Crippen LogP contribution in [-0.4, -0.2) is 12.5 Å². The fraction of sp³-hybridized carbons (Fsp3) is 0.235. The average Bonchev–Trinajstić information content (AvgIpc) is 2.52. The van der Waals surface area contributed by atoms with Crippen molar-refractivity contribution in [3.63, 3.8) is 0 Å². The maximum Gasteiger partial charge on any atom is 0.255 e.